The average molecular weight is 511 g/mol. The van der Waals surface area contributed by atoms with Crippen molar-refractivity contribution in [1.82, 2.24) is 24.8 Å². The van der Waals surface area contributed by atoms with E-state index in [9.17, 15) is 4.79 Å². The fourth-order valence-electron chi connectivity index (χ4n) is 4.53. The van der Waals surface area contributed by atoms with Crippen molar-refractivity contribution in [3.8, 4) is 0 Å². The number of ketones is 1. The Balaban J connectivity index is 0.000000709. The molecule has 1 aliphatic heterocycles. The van der Waals surface area contributed by atoms with Crippen LogP contribution < -0.4 is 10.6 Å². The molecule has 3 N–H and O–H groups in total. The number of nitrogens with one attached hydrogen (secondary N) is 2. The maximum Gasteiger partial charge on any atom is 0.300 e. The van der Waals surface area contributed by atoms with Crippen LogP contribution in [0.25, 0.3) is 11.2 Å². The molecule has 2 aromatic heterocycles. The second-order valence-corrected chi connectivity index (χ2v) is 10.7. The maximum absolute atomic E-state index is 12.3. The van der Waals surface area contributed by atoms with Crippen LogP contribution in [0, 0.1) is 0 Å². The first kappa shape index (κ1) is 26.1. The van der Waals surface area contributed by atoms with Gasteiger partial charge in [-0.3, -0.25) is 14.9 Å². The number of aromatic nitrogens is 3. The number of carboxylic acid groups (broad SMARTS) is 1. The summed E-state index contributed by atoms with van der Waals surface area (Å²) in [7, 11) is 3.77. The molecular weight excluding hydrogens is 476 g/mol. The lowest BCUT2D eigenvalue weighted by Crippen LogP contribution is -2.40. The number of likely N-dealkylation sites (N-methyl/N-ethyl adjacent to an activating group) is 1. The van der Waals surface area contributed by atoms with Crippen LogP contribution in [0.4, 0.5) is 5.69 Å². The van der Waals surface area contributed by atoms with Gasteiger partial charge in [-0.1, -0.05) is 37.1 Å². The summed E-state index contributed by atoms with van der Waals surface area (Å²) in [6.45, 7) is 2.15. The van der Waals surface area contributed by atoms with Gasteiger partial charge < -0.3 is 19.9 Å². The van der Waals surface area contributed by atoms with E-state index >= 15 is 0 Å². The minimum atomic E-state index is -0.833. The Hall–Kier alpha value is -2.95. The average Bonchev–Trinajstić information content (AvgIpc) is 3.41. The Kier molecular flexibility index (Phi) is 8.60. The van der Waals surface area contributed by atoms with Gasteiger partial charge in [-0.15, -0.1) is 0 Å². The van der Waals surface area contributed by atoms with E-state index in [4.69, 9.17) is 9.90 Å². The highest BCUT2D eigenvalue weighted by atomic mass is 32.2. The number of thioether (sulfide) groups is 1. The van der Waals surface area contributed by atoms with Gasteiger partial charge in [-0.2, -0.15) is 0 Å². The Bertz CT molecular complexity index is 1220. The van der Waals surface area contributed by atoms with Crippen molar-refractivity contribution < 1.29 is 14.7 Å². The molecule has 5 rings (SSSR count). The molecule has 1 atom stereocenters. The van der Waals surface area contributed by atoms with Gasteiger partial charge in [0.1, 0.15) is 11.0 Å². The Morgan fingerprint density at radius 3 is 2.67 bits per heavy atom. The zero-order chi connectivity index (χ0) is 25.7. The van der Waals surface area contributed by atoms with Crippen LogP contribution >= 0.6 is 11.8 Å². The third-order valence-electron chi connectivity index (χ3n) is 6.16. The summed E-state index contributed by atoms with van der Waals surface area (Å²) in [6, 6.07) is 9.06. The van der Waals surface area contributed by atoms with E-state index in [0.717, 1.165) is 18.1 Å². The van der Waals surface area contributed by atoms with Crippen LogP contribution in [-0.2, 0) is 11.3 Å². The third-order valence-corrected chi connectivity index (χ3v) is 7.24. The lowest BCUT2D eigenvalue weighted by atomic mass is 9.96. The number of fused-ring (bicyclic) bond motifs is 2. The summed E-state index contributed by atoms with van der Waals surface area (Å²) in [5.74, 6) is -0.779. The van der Waals surface area contributed by atoms with E-state index in [2.05, 4.69) is 38.8 Å². The minimum Gasteiger partial charge on any atom is -0.481 e. The molecule has 2 aliphatic rings. The fourth-order valence-corrected chi connectivity index (χ4v) is 5.70. The largest absolute Gasteiger partial charge is 0.481 e. The second-order valence-electron chi connectivity index (χ2n) is 9.59. The molecule has 0 bridgehead atoms. The Morgan fingerprint density at radius 2 is 1.94 bits per heavy atom. The Morgan fingerprint density at radius 1 is 1.19 bits per heavy atom. The van der Waals surface area contributed by atoms with Gasteiger partial charge in [0, 0.05) is 35.3 Å². The number of hydrogen-bond donors (Lipinski definition) is 3. The number of carbonyl (C=O) groups excluding carboxylic acids is 1. The molecule has 36 heavy (non-hydrogen) atoms. The minimum absolute atomic E-state index is 0.0542. The van der Waals surface area contributed by atoms with Crippen molar-refractivity contribution >= 4 is 40.4 Å². The number of Topliss-reactive ketones (excluding diaryl/α,β-unsaturated/α-hetero) is 1. The van der Waals surface area contributed by atoms with E-state index < -0.39 is 5.97 Å². The summed E-state index contributed by atoms with van der Waals surface area (Å²) < 4.78 is 2.04. The van der Waals surface area contributed by atoms with Crippen LogP contribution in [0.15, 0.2) is 41.7 Å². The summed E-state index contributed by atoms with van der Waals surface area (Å²) >= 11 is 1.87. The quantitative estimate of drug-likeness (QED) is 0.405. The van der Waals surface area contributed by atoms with Gasteiger partial charge in [-0.25, -0.2) is 9.97 Å². The first-order valence-electron chi connectivity index (χ1n) is 12.3. The highest BCUT2D eigenvalue weighted by Crippen LogP contribution is 2.38. The van der Waals surface area contributed by atoms with E-state index in [0.29, 0.717) is 24.7 Å². The van der Waals surface area contributed by atoms with Gasteiger partial charge in [0.15, 0.2) is 11.4 Å². The molecule has 1 unspecified atom stereocenters. The van der Waals surface area contributed by atoms with Crippen LogP contribution in [0.1, 0.15) is 54.9 Å². The molecule has 10 heteroatoms. The lowest BCUT2D eigenvalue weighted by Gasteiger charge is -2.26. The number of rotatable bonds is 7. The summed E-state index contributed by atoms with van der Waals surface area (Å²) in [5, 5.41) is 14.8. The van der Waals surface area contributed by atoms with Gasteiger partial charge >= 0.3 is 0 Å². The number of pyridine rings is 1. The van der Waals surface area contributed by atoms with Crippen molar-refractivity contribution in [3.63, 3.8) is 0 Å². The van der Waals surface area contributed by atoms with Crippen LogP contribution in [0.3, 0.4) is 0 Å². The zero-order valence-corrected chi connectivity index (χ0v) is 21.8. The molecular formula is C26H34N6O3S. The smallest absolute Gasteiger partial charge is 0.300 e. The van der Waals surface area contributed by atoms with Crippen molar-refractivity contribution in [1.29, 1.82) is 0 Å². The SMILES string of the molecule is CC(=O)O.CN(C)CC(=O)c1cnc2c(c1)ncn2Cc1ccc2c(c1)SC(NC1CCCCC1)N2. The molecule has 3 heterocycles. The summed E-state index contributed by atoms with van der Waals surface area (Å²) in [6.07, 6.45) is 10.1. The van der Waals surface area contributed by atoms with Gasteiger partial charge in [0.25, 0.3) is 5.97 Å². The fraction of sp³-hybridized carbons (Fsp3) is 0.462. The molecule has 0 radical (unpaired) electrons. The van der Waals surface area contributed by atoms with Crippen molar-refractivity contribution in [2.45, 2.75) is 62.0 Å². The number of benzene rings is 1. The molecule has 1 aliphatic carbocycles. The molecule has 0 saturated heterocycles. The number of imidazole rings is 1. The van der Waals surface area contributed by atoms with E-state index in [1.807, 2.05) is 47.7 Å². The van der Waals surface area contributed by atoms with Gasteiger partial charge in [0.05, 0.1) is 19.4 Å². The normalized spacial score (nSPS) is 17.4. The van der Waals surface area contributed by atoms with Crippen molar-refractivity contribution in [2.24, 2.45) is 0 Å². The zero-order valence-electron chi connectivity index (χ0n) is 21.0. The molecule has 1 saturated carbocycles. The highest BCUT2D eigenvalue weighted by Gasteiger charge is 2.25. The van der Waals surface area contributed by atoms with E-state index in [1.54, 1.807) is 6.20 Å². The second kappa shape index (κ2) is 11.9. The lowest BCUT2D eigenvalue weighted by molar-refractivity contribution is -0.134. The first-order valence-corrected chi connectivity index (χ1v) is 13.2. The Labute approximate surface area is 215 Å². The predicted octanol–water partition coefficient (Wildman–Crippen LogP) is 4.04. The number of aliphatic carboxylic acids is 1. The molecule has 1 fully saturated rings. The molecule has 3 aromatic rings. The number of carboxylic acids is 1. The van der Waals surface area contributed by atoms with E-state index in [-0.39, 0.29) is 11.3 Å². The number of carbonyl (C=O) groups is 2. The van der Waals surface area contributed by atoms with Crippen LogP contribution in [0.2, 0.25) is 0 Å². The number of nitrogens with zero attached hydrogens (tertiary/aromatic N) is 4. The monoisotopic (exact) mass is 510 g/mol. The molecule has 9 nitrogen and oxygen atoms in total. The van der Waals surface area contributed by atoms with Crippen LogP contribution in [0.5, 0.6) is 0 Å². The third kappa shape index (κ3) is 6.83. The summed E-state index contributed by atoms with van der Waals surface area (Å²) in [4.78, 5) is 33.5. The van der Waals surface area contributed by atoms with Gasteiger partial charge in [0.2, 0.25) is 0 Å². The van der Waals surface area contributed by atoms with Crippen molar-refractivity contribution in [2.75, 3.05) is 26.0 Å². The van der Waals surface area contributed by atoms with E-state index in [1.165, 1.54) is 48.3 Å². The first-order chi connectivity index (χ1) is 17.3. The summed E-state index contributed by atoms with van der Waals surface area (Å²) in [5.41, 5.74) is 4.82. The van der Waals surface area contributed by atoms with Crippen molar-refractivity contribution in [3.05, 3.63) is 47.9 Å². The molecule has 0 amide bonds. The molecule has 192 valence electrons. The molecule has 1 aromatic carbocycles. The molecule has 0 spiro atoms. The number of anilines is 1. The number of hydrogen-bond acceptors (Lipinski definition) is 8. The standard InChI is InChI=1S/C24H30N6OS.C2H4O2/c1-29(2)14-21(31)17-11-20-23(25-12-17)30(15-26-20)13-16-8-9-19-22(10-16)32-24(28-19)27-18-6-4-3-5-7-18;1-2(3)4/h8-12,15,18,24,27-28H,3-7,13-14H2,1-2H3;1H3,(H,3,4). The topological polar surface area (TPSA) is 112 Å². The maximum atomic E-state index is 12.3. The highest BCUT2D eigenvalue weighted by molar-refractivity contribution is 8.00. The van der Waals surface area contributed by atoms with Gasteiger partial charge in [-0.05, 0) is 50.7 Å². The van der Waals surface area contributed by atoms with Crippen LogP contribution in [-0.4, -0.2) is 68.5 Å². The predicted molar refractivity (Wildman–Crippen MR) is 143 cm³/mol.